The number of benzene rings is 2. The number of amides is 3. The third-order valence-corrected chi connectivity index (χ3v) is 9.03. The van der Waals surface area contributed by atoms with E-state index >= 15 is 0 Å². The van der Waals surface area contributed by atoms with Gasteiger partial charge in [0.05, 0.1) is 10.0 Å². The Morgan fingerprint density at radius 2 is 1.56 bits per heavy atom. The monoisotopic (exact) mass is 621 g/mol. The van der Waals surface area contributed by atoms with Crippen LogP contribution < -0.4 is 0 Å². The number of likely N-dealkylation sites (tertiary alicyclic amines) is 2. The van der Waals surface area contributed by atoms with Crippen molar-refractivity contribution in [1.29, 1.82) is 0 Å². The number of ether oxygens (including phenoxy) is 1. The topological polar surface area (TPSA) is 70.2 Å². The molecular weight excluding hydrogens is 585 g/mol. The molecule has 2 aliphatic heterocycles. The average Bonchev–Trinajstić information content (AvgIpc) is 2.92. The van der Waals surface area contributed by atoms with E-state index < -0.39 is 5.60 Å². The summed E-state index contributed by atoms with van der Waals surface area (Å²) in [5.74, 6) is -0.413. The number of halogens is 3. The maximum absolute atomic E-state index is 13.9. The van der Waals surface area contributed by atoms with E-state index in [1.54, 1.807) is 47.2 Å². The Balaban J connectivity index is 1.52. The Morgan fingerprint density at radius 3 is 2.17 bits per heavy atom. The second-order valence-corrected chi connectivity index (χ2v) is 13.4. The van der Waals surface area contributed by atoms with Crippen molar-refractivity contribution in [3.05, 3.63) is 68.7 Å². The molecule has 0 bridgehead atoms. The summed E-state index contributed by atoms with van der Waals surface area (Å²) in [6.07, 6.45) is 0.840. The van der Waals surface area contributed by atoms with Gasteiger partial charge in [-0.1, -0.05) is 47.8 Å². The van der Waals surface area contributed by atoms with Crippen LogP contribution in [-0.4, -0.2) is 77.5 Å². The molecule has 41 heavy (non-hydrogen) atoms. The van der Waals surface area contributed by atoms with Crippen molar-refractivity contribution in [3.63, 3.8) is 0 Å². The van der Waals surface area contributed by atoms with Crippen molar-refractivity contribution in [3.8, 4) is 0 Å². The summed E-state index contributed by atoms with van der Waals surface area (Å²) in [6, 6.07) is 12.2. The SMILES string of the molecule is CC1CN(C(=O)OC(C)(C)C)CCC1C(=O)N1CC[C@@H](N(C)C(=O)c2ccc(Cl)cc2)[C@H](c2ccc(Cl)c(Cl)c2)C1. The number of piperidine rings is 2. The Morgan fingerprint density at radius 1 is 0.902 bits per heavy atom. The molecule has 0 aromatic heterocycles. The summed E-state index contributed by atoms with van der Waals surface area (Å²) in [7, 11) is 1.80. The molecule has 4 rings (SSSR count). The predicted octanol–water partition coefficient (Wildman–Crippen LogP) is 7.00. The molecule has 2 saturated heterocycles. The van der Waals surface area contributed by atoms with Crippen molar-refractivity contribution >= 4 is 52.7 Å². The first-order valence-electron chi connectivity index (χ1n) is 14.0. The predicted molar refractivity (Wildman–Crippen MR) is 163 cm³/mol. The number of nitrogens with zero attached hydrogens (tertiary/aromatic N) is 3. The third kappa shape index (κ3) is 7.49. The fourth-order valence-electron chi connectivity index (χ4n) is 5.86. The van der Waals surface area contributed by atoms with E-state index in [4.69, 9.17) is 39.5 Å². The Hall–Kier alpha value is -2.48. The summed E-state index contributed by atoms with van der Waals surface area (Å²) in [5, 5.41) is 1.45. The molecule has 10 heteroatoms. The van der Waals surface area contributed by atoms with Gasteiger partial charge in [-0.15, -0.1) is 0 Å². The van der Waals surface area contributed by atoms with Crippen LogP contribution in [0.15, 0.2) is 42.5 Å². The first kappa shape index (κ1) is 31.5. The molecule has 0 radical (unpaired) electrons. The number of carbonyl (C=O) groups is 3. The van der Waals surface area contributed by atoms with Crippen molar-refractivity contribution in [1.82, 2.24) is 14.7 Å². The number of carbonyl (C=O) groups excluding carboxylic acids is 3. The van der Waals surface area contributed by atoms with Crippen molar-refractivity contribution in [2.75, 3.05) is 33.2 Å². The molecule has 2 unspecified atom stereocenters. The fourth-order valence-corrected chi connectivity index (χ4v) is 6.29. The zero-order valence-electron chi connectivity index (χ0n) is 24.2. The lowest BCUT2D eigenvalue weighted by molar-refractivity contribution is -0.141. The molecule has 222 valence electrons. The summed E-state index contributed by atoms with van der Waals surface area (Å²) in [4.78, 5) is 45.3. The lowest BCUT2D eigenvalue weighted by Gasteiger charge is -2.45. The van der Waals surface area contributed by atoms with Gasteiger partial charge in [0, 0.05) is 61.7 Å². The second kappa shape index (κ2) is 12.8. The molecule has 0 N–H and O–H groups in total. The molecule has 2 fully saturated rings. The van der Waals surface area contributed by atoms with E-state index in [9.17, 15) is 14.4 Å². The largest absolute Gasteiger partial charge is 0.444 e. The molecule has 2 aliphatic rings. The zero-order chi connectivity index (χ0) is 30.1. The third-order valence-electron chi connectivity index (χ3n) is 8.04. The Labute approximate surface area is 257 Å². The van der Waals surface area contributed by atoms with E-state index in [-0.39, 0.29) is 41.7 Å². The van der Waals surface area contributed by atoms with Gasteiger partial charge in [-0.05, 0) is 81.5 Å². The maximum Gasteiger partial charge on any atom is 0.410 e. The zero-order valence-corrected chi connectivity index (χ0v) is 26.5. The van der Waals surface area contributed by atoms with Crippen LogP contribution in [-0.2, 0) is 9.53 Å². The maximum atomic E-state index is 13.9. The summed E-state index contributed by atoms with van der Waals surface area (Å²) < 4.78 is 5.54. The molecule has 4 atom stereocenters. The Kier molecular flexibility index (Phi) is 9.82. The lowest BCUT2D eigenvalue weighted by atomic mass is 9.82. The number of likely N-dealkylation sites (N-methyl/N-ethyl adjacent to an activating group) is 1. The van der Waals surface area contributed by atoms with Crippen LogP contribution in [0.3, 0.4) is 0 Å². The van der Waals surface area contributed by atoms with Gasteiger partial charge in [-0.2, -0.15) is 0 Å². The van der Waals surface area contributed by atoms with Crippen molar-refractivity contribution in [2.24, 2.45) is 11.8 Å². The fraction of sp³-hybridized carbons (Fsp3) is 0.516. The van der Waals surface area contributed by atoms with Gasteiger partial charge in [-0.3, -0.25) is 9.59 Å². The van der Waals surface area contributed by atoms with Crippen molar-refractivity contribution in [2.45, 2.75) is 58.1 Å². The minimum atomic E-state index is -0.570. The highest BCUT2D eigenvalue weighted by Crippen LogP contribution is 2.36. The smallest absolute Gasteiger partial charge is 0.410 e. The highest BCUT2D eigenvalue weighted by molar-refractivity contribution is 6.42. The molecule has 3 amide bonds. The first-order valence-corrected chi connectivity index (χ1v) is 15.1. The number of hydrogen-bond donors (Lipinski definition) is 0. The highest BCUT2D eigenvalue weighted by Gasteiger charge is 2.41. The molecule has 0 aliphatic carbocycles. The second-order valence-electron chi connectivity index (χ2n) is 12.1. The Bertz CT molecular complexity index is 1280. The van der Waals surface area contributed by atoms with Gasteiger partial charge in [0.2, 0.25) is 5.91 Å². The van der Waals surface area contributed by atoms with E-state index in [0.29, 0.717) is 59.7 Å². The summed E-state index contributed by atoms with van der Waals surface area (Å²) in [5.41, 5.74) is 0.901. The van der Waals surface area contributed by atoms with Gasteiger partial charge in [0.25, 0.3) is 5.91 Å². The number of hydrogen-bond acceptors (Lipinski definition) is 4. The lowest BCUT2D eigenvalue weighted by Crippen LogP contribution is -2.55. The molecule has 7 nitrogen and oxygen atoms in total. The quantitative estimate of drug-likeness (QED) is 0.368. The molecule has 2 heterocycles. The van der Waals surface area contributed by atoms with Crippen LogP contribution in [0, 0.1) is 11.8 Å². The average molecular weight is 623 g/mol. The molecule has 0 spiro atoms. The van der Waals surface area contributed by atoms with Gasteiger partial charge in [0.15, 0.2) is 0 Å². The van der Waals surface area contributed by atoms with E-state index in [2.05, 4.69) is 0 Å². The molecule has 0 saturated carbocycles. The summed E-state index contributed by atoms with van der Waals surface area (Å²) >= 11 is 18.7. The van der Waals surface area contributed by atoms with Gasteiger partial charge >= 0.3 is 6.09 Å². The number of rotatable bonds is 4. The minimum absolute atomic E-state index is 0.0147. The highest BCUT2D eigenvalue weighted by atomic mass is 35.5. The normalized spacial score (nSPS) is 23.2. The van der Waals surface area contributed by atoms with Crippen LogP contribution in [0.2, 0.25) is 15.1 Å². The van der Waals surface area contributed by atoms with E-state index in [1.165, 1.54) is 0 Å². The molecule has 2 aromatic rings. The van der Waals surface area contributed by atoms with Gasteiger partial charge in [0.1, 0.15) is 5.60 Å². The van der Waals surface area contributed by atoms with Crippen LogP contribution in [0.1, 0.15) is 62.4 Å². The standard InChI is InChI=1S/C31H38Cl3N3O4/c1-19-17-37(30(40)41-31(2,3)4)14-12-23(19)29(39)36-15-13-27(24(18-36)21-8-11-25(33)26(34)16-21)35(5)28(38)20-6-9-22(32)10-7-20/h6-11,16,19,23-24,27H,12-15,17-18H2,1-5H3/t19?,23?,24-,27+/m0/s1. The van der Waals surface area contributed by atoms with Crippen LogP contribution >= 0.6 is 34.8 Å². The molecular formula is C31H38Cl3N3O4. The first-order chi connectivity index (χ1) is 19.2. The van der Waals surface area contributed by atoms with Crippen LogP contribution in [0.5, 0.6) is 0 Å². The van der Waals surface area contributed by atoms with E-state index in [0.717, 1.165) is 5.56 Å². The van der Waals surface area contributed by atoms with Gasteiger partial charge < -0.3 is 19.4 Å². The summed E-state index contributed by atoms with van der Waals surface area (Å²) in [6.45, 7) is 9.46. The van der Waals surface area contributed by atoms with Crippen molar-refractivity contribution < 1.29 is 19.1 Å². The molecule has 2 aromatic carbocycles. The van der Waals surface area contributed by atoms with E-state index in [1.807, 2.05) is 44.7 Å². The van der Waals surface area contributed by atoms with Gasteiger partial charge in [-0.25, -0.2) is 4.79 Å². The minimum Gasteiger partial charge on any atom is -0.444 e. The van der Waals surface area contributed by atoms with Crippen LogP contribution in [0.4, 0.5) is 4.79 Å². The van der Waals surface area contributed by atoms with Crippen LogP contribution in [0.25, 0.3) is 0 Å².